The largest absolute Gasteiger partial charge is 0.375 e. The Morgan fingerprint density at radius 2 is 2.20 bits per heavy atom. The summed E-state index contributed by atoms with van der Waals surface area (Å²) >= 11 is 1.49. The predicted octanol–water partition coefficient (Wildman–Crippen LogP) is 2.48. The van der Waals surface area contributed by atoms with Gasteiger partial charge in [-0.15, -0.1) is 0 Å². The van der Waals surface area contributed by atoms with E-state index in [9.17, 15) is 0 Å². The zero-order chi connectivity index (χ0) is 11.0. The first-order valence-corrected chi connectivity index (χ1v) is 5.67. The van der Waals surface area contributed by atoms with E-state index in [4.69, 9.17) is 5.73 Å². The van der Waals surface area contributed by atoms with Crippen LogP contribution in [0.1, 0.15) is 25.6 Å². The number of hydrogen-bond donors (Lipinski definition) is 1. The minimum Gasteiger partial charge on any atom is -0.375 e. The smallest absolute Gasteiger partial charge is 0.180 e. The van der Waals surface area contributed by atoms with Crippen molar-refractivity contribution in [3.8, 4) is 10.4 Å². The molecule has 2 aromatic rings. The average molecular weight is 222 g/mol. The highest BCUT2D eigenvalue weighted by molar-refractivity contribution is 7.18. The number of thiazole rings is 1. The number of anilines is 1. The summed E-state index contributed by atoms with van der Waals surface area (Å²) in [5.74, 6) is 0. The Bertz CT molecular complexity index is 469. The van der Waals surface area contributed by atoms with E-state index in [-0.39, 0.29) is 0 Å². The molecule has 5 heteroatoms. The Balaban J connectivity index is 2.44. The summed E-state index contributed by atoms with van der Waals surface area (Å²) < 4.78 is 1.96. The van der Waals surface area contributed by atoms with E-state index < -0.39 is 0 Å². The topological polar surface area (TPSA) is 56.7 Å². The molecule has 0 spiro atoms. The fourth-order valence-electron chi connectivity index (χ4n) is 1.40. The molecular weight excluding hydrogens is 208 g/mol. The van der Waals surface area contributed by atoms with Crippen molar-refractivity contribution in [2.45, 2.75) is 26.8 Å². The third kappa shape index (κ3) is 1.87. The van der Waals surface area contributed by atoms with Crippen LogP contribution in [0.15, 0.2) is 12.4 Å². The Morgan fingerprint density at radius 3 is 2.67 bits per heavy atom. The van der Waals surface area contributed by atoms with Gasteiger partial charge in [0.2, 0.25) is 0 Å². The van der Waals surface area contributed by atoms with E-state index in [0.29, 0.717) is 11.2 Å². The van der Waals surface area contributed by atoms with Gasteiger partial charge < -0.3 is 5.73 Å². The lowest BCUT2D eigenvalue weighted by Crippen LogP contribution is -2.00. The van der Waals surface area contributed by atoms with Crippen molar-refractivity contribution in [3.05, 3.63) is 18.1 Å². The van der Waals surface area contributed by atoms with Crippen LogP contribution in [0.5, 0.6) is 0 Å². The van der Waals surface area contributed by atoms with Gasteiger partial charge in [0.1, 0.15) is 0 Å². The van der Waals surface area contributed by atoms with Crippen molar-refractivity contribution in [2.75, 3.05) is 5.73 Å². The molecule has 2 rings (SSSR count). The van der Waals surface area contributed by atoms with Crippen LogP contribution in [-0.2, 0) is 0 Å². The summed E-state index contributed by atoms with van der Waals surface area (Å²) in [6, 6.07) is 0.378. The summed E-state index contributed by atoms with van der Waals surface area (Å²) in [5, 5.41) is 5.05. The molecule has 0 aliphatic carbocycles. The molecule has 15 heavy (non-hydrogen) atoms. The molecule has 0 fully saturated rings. The fourth-order valence-corrected chi connectivity index (χ4v) is 2.15. The van der Waals surface area contributed by atoms with Crippen LogP contribution in [0.25, 0.3) is 10.4 Å². The molecule has 0 bridgehead atoms. The predicted molar refractivity (Wildman–Crippen MR) is 62.9 cm³/mol. The van der Waals surface area contributed by atoms with Crippen molar-refractivity contribution >= 4 is 16.5 Å². The standard InChI is InChI=1S/C10H14N4S/c1-6(2)14-5-8(7(3)13-14)9-4-12-10(11)15-9/h4-6H,1-3H3,(H2,11,12). The minimum absolute atomic E-state index is 0.378. The minimum atomic E-state index is 0.378. The van der Waals surface area contributed by atoms with Gasteiger partial charge in [0.05, 0.1) is 10.6 Å². The van der Waals surface area contributed by atoms with Crippen LogP contribution < -0.4 is 5.73 Å². The number of aryl methyl sites for hydroxylation is 1. The molecule has 0 radical (unpaired) electrons. The second kappa shape index (κ2) is 3.66. The van der Waals surface area contributed by atoms with Crippen LogP contribution in [0.4, 0.5) is 5.13 Å². The monoisotopic (exact) mass is 222 g/mol. The highest BCUT2D eigenvalue weighted by Gasteiger charge is 2.11. The molecule has 2 N–H and O–H groups in total. The molecule has 0 saturated carbocycles. The lowest BCUT2D eigenvalue weighted by atomic mass is 10.2. The summed E-state index contributed by atoms with van der Waals surface area (Å²) in [6.45, 7) is 6.22. The van der Waals surface area contributed by atoms with Gasteiger partial charge in [-0.25, -0.2) is 4.98 Å². The molecule has 0 aliphatic heterocycles. The van der Waals surface area contributed by atoms with Crippen molar-refractivity contribution in [1.82, 2.24) is 14.8 Å². The molecule has 2 aromatic heterocycles. The number of hydrogen-bond acceptors (Lipinski definition) is 4. The number of aromatic nitrogens is 3. The first-order valence-electron chi connectivity index (χ1n) is 4.85. The van der Waals surface area contributed by atoms with Crippen LogP contribution in [-0.4, -0.2) is 14.8 Å². The summed E-state index contributed by atoms with van der Waals surface area (Å²) in [7, 11) is 0. The molecule has 80 valence electrons. The van der Waals surface area contributed by atoms with Crippen molar-refractivity contribution in [1.29, 1.82) is 0 Å². The van der Waals surface area contributed by atoms with Crippen LogP contribution in [0.2, 0.25) is 0 Å². The highest BCUT2D eigenvalue weighted by atomic mass is 32.1. The summed E-state index contributed by atoms with van der Waals surface area (Å²) in [5.41, 5.74) is 7.76. The molecule has 4 nitrogen and oxygen atoms in total. The first kappa shape index (κ1) is 10.2. The Labute approximate surface area is 92.8 Å². The number of nitrogen functional groups attached to an aromatic ring is 1. The maximum Gasteiger partial charge on any atom is 0.180 e. The second-order valence-electron chi connectivity index (χ2n) is 3.76. The van der Waals surface area contributed by atoms with Crippen LogP contribution >= 0.6 is 11.3 Å². The lowest BCUT2D eigenvalue weighted by Gasteiger charge is -2.02. The Hall–Kier alpha value is -1.36. The molecule has 0 aromatic carbocycles. The summed E-state index contributed by atoms with van der Waals surface area (Å²) in [6.07, 6.45) is 3.85. The van der Waals surface area contributed by atoms with Crippen molar-refractivity contribution in [3.63, 3.8) is 0 Å². The molecule has 0 amide bonds. The molecule has 0 aliphatic rings. The van der Waals surface area contributed by atoms with Gasteiger partial charge in [0.15, 0.2) is 5.13 Å². The number of nitrogens with two attached hydrogens (primary N) is 1. The molecule has 0 saturated heterocycles. The zero-order valence-corrected chi connectivity index (χ0v) is 9.88. The van der Waals surface area contributed by atoms with Crippen molar-refractivity contribution < 1.29 is 0 Å². The maximum atomic E-state index is 5.61. The highest BCUT2D eigenvalue weighted by Crippen LogP contribution is 2.29. The SMILES string of the molecule is Cc1nn(C(C)C)cc1-c1cnc(N)s1. The maximum absolute atomic E-state index is 5.61. The Morgan fingerprint density at radius 1 is 1.47 bits per heavy atom. The molecule has 0 atom stereocenters. The molecular formula is C10H14N4S. The van der Waals surface area contributed by atoms with Crippen molar-refractivity contribution in [2.24, 2.45) is 0 Å². The second-order valence-corrected chi connectivity index (χ2v) is 4.83. The van der Waals surface area contributed by atoms with E-state index in [1.54, 1.807) is 6.20 Å². The first-order chi connectivity index (χ1) is 7.08. The van der Waals surface area contributed by atoms with E-state index in [0.717, 1.165) is 16.1 Å². The normalized spacial score (nSPS) is 11.2. The Kier molecular flexibility index (Phi) is 2.48. The number of rotatable bonds is 2. The van der Waals surface area contributed by atoms with Gasteiger partial charge in [-0.3, -0.25) is 4.68 Å². The average Bonchev–Trinajstić information content (AvgIpc) is 2.71. The van der Waals surface area contributed by atoms with Gasteiger partial charge >= 0.3 is 0 Å². The zero-order valence-electron chi connectivity index (χ0n) is 9.06. The molecule has 0 unspecified atom stereocenters. The third-order valence-electron chi connectivity index (χ3n) is 2.23. The van der Waals surface area contributed by atoms with Gasteiger partial charge in [-0.1, -0.05) is 11.3 Å². The van der Waals surface area contributed by atoms with E-state index in [1.807, 2.05) is 17.8 Å². The molecule has 2 heterocycles. The van der Waals surface area contributed by atoms with E-state index in [2.05, 4.69) is 23.9 Å². The van der Waals surface area contributed by atoms with Gasteiger partial charge in [-0.2, -0.15) is 5.10 Å². The number of nitrogens with zero attached hydrogens (tertiary/aromatic N) is 3. The lowest BCUT2D eigenvalue weighted by molar-refractivity contribution is 0.529. The fraction of sp³-hybridized carbons (Fsp3) is 0.400. The summed E-state index contributed by atoms with van der Waals surface area (Å²) in [4.78, 5) is 5.13. The third-order valence-corrected chi connectivity index (χ3v) is 3.09. The quantitative estimate of drug-likeness (QED) is 0.849. The van der Waals surface area contributed by atoms with Gasteiger partial charge in [0, 0.05) is 24.0 Å². The van der Waals surface area contributed by atoms with E-state index >= 15 is 0 Å². The van der Waals surface area contributed by atoms with Gasteiger partial charge in [0.25, 0.3) is 0 Å². The van der Waals surface area contributed by atoms with Gasteiger partial charge in [-0.05, 0) is 20.8 Å². The van der Waals surface area contributed by atoms with Crippen LogP contribution in [0.3, 0.4) is 0 Å². The van der Waals surface area contributed by atoms with E-state index in [1.165, 1.54) is 11.3 Å². The van der Waals surface area contributed by atoms with Crippen LogP contribution in [0, 0.1) is 6.92 Å².